The monoisotopic (exact) mass is 536 g/mol. The normalized spacial score (nSPS) is 15.1. The van der Waals surface area contributed by atoms with E-state index in [4.69, 9.17) is 9.72 Å². The number of benzene rings is 2. The molecule has 1 amide bonds. The summed E-state index contributed by atoms with van der Waals surface area (Å²) in [6.07, 6.45) is 2.60. The summed E-state index contributed by atoms with van der Waals surface area (Å²) >= 11 is 1.44. The smallest absolute Gasteiger partial charge is 0.243 e. The minimum Gasteiger partial charge on any atom is -0.497 e. The van der Waals surface area contributed by atoms with Crippen molar-refractivity contribution in [3.8, 4) is 5.75 Å². The van der Waals surface area contributed by atoms with Crippen molar-refractivity contribution in [3.63, 3.8) is 0 Å². The minimum atomic E-state index is -3.60. The van der Waals surface area contributed by atoms with Crippen molar-refractivity contribution in [1.29, 1.82) is 0 Å². The molecule has 0 aliphatic carbocycles. The lowest BCUT2D eigenvalue weighted by atomic mass is 9.96. The molecule has 0 spiro atoms. The highest BCUT2D eigenvalue weighted by Crippen LogP contribution is 2.34. The fourth-order valence-electron chi connectivity index (χ4n) is 4.45. The van der Waals surface area contributed by atoms with E-state index in [0.717, 1.165) is 21.5 Å². The number of aromatic nitrogens is 2. The van der Waals surface area contributed by atoms with Crippen LogP contribution in [-0.4, -0.2) is 48.8 Å². The number of ether oxygens (including phenoxy) is 1. The third-order valence-electron chi connectivity index (χ3n) is 6.59. The Morgan fingerprint density at radius 3 is 2.54 bits per heavy atom. The highest BCUT2D eigenvalue weighted by molar-refractivity contribution is 7.89. The highest BCUT2D eigenvalue weighted by Gasteiger charge is 2.35. The van der Waals surface area contributed by atoms with Gasteiger partial charge in [0.05, 0.1) is 34.5 Å². The first-order chi connectivity index (χ1) is 17.8. The average Bonchev–Trinajstić information content (AvgIpc) is 3.35. The minimum absolute atomic E-state index is 0.0657. The molecular weight excluding hydrogens is 508 g/mol. The van der Waals surface area contributed by atoms with Crippen LogP contribution in [0.15, 0.2) is 71.8 Å². The number of pyridine rings is 1. The molecule has 192 valence electrons. The van der Waals surface area contributed by atoms with Gasteiger partial charge < -0.3 is 4.74 Å². The molecule has 10 heteroatoms. The molecular formula is C27H28N4O4S2. The number of hydrogen-bond donors (Lipinski definition) is 0. The van der Waals surface area contributed by atoms with Gasteiger partial charge in [0.1, 0.15) is 5.75 Å². The Hall–Kier alpha value is -3.34. The van der Waals surface area contributed by atoms with Crippen LogP contribution in [-0.2, 0) is 21.4 Å². The van der Waals surface area contributed by atoms with Gasteiger partial charge in [0, 0.05) is 31.3 Å². The molecule has 8 nitrogen and oxygen atoms in total. The number of fused-ring (bicyclic) bond motifs is 1. The van der Waals surface area contributed by atoms with Crippen LogP contribution in [0.25, 0.3) is 10.2 Å². The maximum Gasteiger partial charge on any atom is 0.243 e. The van der Waals surface area contributed by atoms with Gasteiger partial charge in [0.25, 0.3) is 0 Å². The van der Waals surface area contributed by atoms with E-state index < -0.39 is 10.0 Å². The zero-order valence-electron chi connectivity index (χ0n) is 20.7. The second-order valence-electron chi connectivity index (χ2n) is 9.07. The van der Waals surface area contributed by atoms with Crippen LogP contribution in [0.3, 0.4) is 0 Å². The van der Waals surface area contributed by atoms with Gasteiger partial charge in [0.2, 0.25) is 15.9 Å². The largest absolute Gasteiger partial charge is 0.497 e. The van der Waals surface area contributed by atoms with Gasteiger partial charge in [-0.3, -0.25) is 14.7 Å². The molecule has 2 aromatic carbocycles. The van der Waals surface area contributed by atoms with Gasteiger partial charge in [-0.25, -0.2) is 13.4 Å². The lowest BCUT2D eigenvalue weighted by molar-refractivity contribution is -0.123. The third-order valence-corrected chi connectivity index (χ3v) is 9.56. The molecule has 37 heavy (non-hydrogen) atoms. The molecule has 1 saturated heterocycles. The van der Waals surface area contributed by atoms with E-state index in [1.165, 1.54) is 15.6 Å². The van der Waals surface area contributed by atoms with Gasteiger partial charge in [-0.2, -0.15) is 4.31 Å². The van der Waals surface area contributed by atoms with Crippen molar-refractivity contribution in [3.05, 3.63) is 78.1 Å². The summed E-state index contributed by atoms with van der Waals surface area (Å²) in [6.45, 7) is 2.80. The van der Waals surface area contributed by atoms with E-state index in [0.29, 0.717) is 43.4 Å². The average molecular weight is 537 g/mol. The lowest BCUT2D eigenvalue weighted by Crippen LogP contribution is -2.44. The van der Waals surface area contributed by atoms with Gasteiger partial charge in [-0.05, 0) is 56.2 Å². The fraction of sp³-hybridized carbons (Fsp3) is 0.296. The molecule has 0 saturated carbocycles. The Bertz CT molecular complexity index is 1500. The van der Waals surface area contributed by atoms with Gasteiger partial charge >= 0.3 is 0 Å². The van der Waals surface area contributed by atoms with Crippen LogP contribution < -0.4 is 9.64 Å². The van der Waals surface area contributed by atoms with Gasteiger partial charge in [-0.1, -0.05) is 35.1 Å². The number of thiazole rings is 1. The van der Waals surface area contributed by atoms with E-state index in [-0.39, 0.29) is 16.7 Å². The number of piperidine rings is 1. The van der Waals surface area contributed by atoms with Crippen LogP contribution in [0.2, 0.25) is 0 Å². The Labute approximate surface area is 220 Å². The number of carbonyl (C=O) groups is 1. The molecule has 2 aromatic heterocycles. The zero-order valence-corrected chi connectivity index (χ0v) is 22.3. The molecule has 0 N–H and O–H groups in total. The number of sulfonamides is 1. The Morgan fingerprint density at radius 2 is 1.86 bits per heavy atom. The summed E-state index contributed by atoms with van der Waals surface area (Å²) in [5.74, 6) is 0.327. The predicted molar refractivity (Wildman–Crippen MR) is 144 cm³/mol. The highest BCUT2D eigenvalue weighted by atomic mass is 32.2. The zero-order chi connectivity index (χ0) is 26.0. The molecule has 3 heterocycles. The summed E-state index contributed by atoms with van der Waals surface area (Å²) < 4.78 is 34.0. The van der Waals surface area contributed by atoms with Gasteiger partial charge in [-0.15, -0.1) is 0 Å². The van der Waals surface area contributed by atoms with Crippen LogP contribution >= 0.6 is 11.3 Å². The molecule has 4 aromatic rings. The Morgan fingerprint density at radius 1 is 1.11 bits per heavy atom. The van der Waals surface area contributed by atoms with Crippen molar-refractivity contribution in [2.24, 2.45) is 5.92 Å². The first-order valence-corrected chi connectivity index (χ1v) is 14.3. The number of hydrogen-bond acceptors (Lipinski definition) is 7. The third kappa shape index (κ3) is 5.36. The summed E-state index contributed by atoms with van der Waals surface area (Å²) in [6, 6.07) is 18.1. The second-order valence-corrected chi connectivity index (χ2v) is 12.0. The van der Waals surface area contributed by atoms with Crippen molar-refractivity contribution in [2.75, 3.05) is 25.1 Å². The number of aryl methyl sites for hydroxylation is 1. The summed E-state index contributed by atoms with van der Waals surface area (Å²) in [7, 11) is -1.99. The van der Waals surface area contributed by atoms with Crippen molar-refractivity contribution < 1.29 is 17.9 Å². The van der Waals surface area contributed by atoms with E-state index in [1.807, 2.05) is 43.3 Å². The van der Waals surface area contributed by atoms with E-state index in [2.05, 4.69) is 4.98 Å². The lowest BCUT2D eigenvalue weighted by Gasteiger charge is -2.33. The number of anilines is 1. The molecule has 0 bridgehead atoms. The second kappa shape index (κ2) is 10.6. The summed E-state index contributed by atoms with van der Waals surface area (Å²) in [5.41, 5.74) is 2.52. The van der Waals surface area contributed by atoms with Crippen LogP contribution in [0.1, 0.15) is 24.1 Å². The van der Waals surface area contributed by atoms with E-state index in [1.54, 1.807) is 42.5 Å². The first kappa shape index (κ1) is 25.3. The van der Waals surface area contributed by atoms with Crippen molar-refractivity contribution in [1.82, 2.24) is 14.3 Å². The van der Waals surface area contributed by atoms with E-state index >= 15 is 0 Å². The number of carbonyl (C=O) groups excluding carboxylic acids is 1. The predicted octanol–water partition coefficient (Wildman–Crippen LogP) is 4.64. The van der Waals surface area contributed by atoms with Gasteiger partial charge in [0.15, 0.2) is 5.13 Å². The first-order valence-electron chi connectivity index (χ1n) is 12.1. The van der Waals surface area contributed by atoms with E-state index in [9.17, 15) is 13.2 Å². The SMILES string of the molecule is COc1ccc2sc(N(Cc3ccccn3)C(=O)C3CCN(S(=O)(=O)c4ccc(C)cc4)CC3)nc2c1. The number of methoxy groups -OCH3 is 1. The van der Waals surface area contributed by atoms with Crippen molar-refractivity contribution in [2.45, 2.75) is 31.2 Å². The molecule has 1 fully saturated rings. The Kier molecular flexibility index (Phi) is 7.23. The summed E-state index contributed by atoms with van der Waals surface area (Å²) in [4.78, 5) is 25.0. The molecule has 5 rings (SSSR count). The molecule has 0 radical (unpaired) electrons. The van der Waals surface area contributed by atoms with Crippen LogP contribution in [0.5, 0.6) is 5.75 Å². The molecule has 0 unspecified atom stereocenters. The van der Waals surface area contributed by atoms with Crippen molar-refractivity contribution >= 4 is 42.6 Å². The molecule has 1 aliphatic rings. The Balaban J connectivity index is 1.37. The summed E-state index contributed by atoms with van der Waals surface area (Å²) in [5, 5.41) is 0.591. The maximum absolute atomic E-state index is 13.8. The molecule has 0 atom stereocenters. The number of rotatable bonds is 7. The standard InChI is InChI=1S/C27H28N4O4S2/c1-19-6-9-23(10-7-19)37(33,34)30-15-12-20(13-16-30)26(32)31(18-21-5-3-4-14-28-21)27-29-24-17-22(35-2)8-11-25(24)36-27/h3-11,14,17,20H,12-13,15-16,18H2,1-2H3. The maximum atomic E-state index is 13.8. The van der Waals surface area contributed by atoms with Crippen LogP contribution in [0.4, 0.5) is 5.13 Å². The quantitative estimate of drug-likeness (QED) is 0.342. The topological polar surface area (TPSA) is 92.7 Å². The number of amides is 1. The van der Waals surface area contributed by atoms with Crippen LogP contribution in [0, 0.1) is 12.8 Å². The fourth-order valence-corrected chi connectivity index (χ4v) is 6.87. The molecule has 1 aliphatic heterocycles. The number of nitrogens with zero attached hydrogens (tertiary/aromatic N) is 4.